The Bertz CT molecular complexity index is 1070. The van der Waals surface area contributed by atoms with Crippen molar-refractivity contribution in [3.8, 4) is 11.8 Å². The average Bonchev–Trinajstić information content (AvgIpc) is 3.07. The first-order valence-corrected chi connectivity index (χ1v) is 9.66. The number of para-hydroxylation sites is 2. The predicted octanol–water partition coefficient (Wildman–Crippen LogP) is 4.20. The standard InChI is InChI=1S/C24H23N3O3/c1-18-16-22(19(2)27(18)21-12-7-4-8-13-21)24(29)30-17-23(28)26(15-9-14-25)20-10-5-3-6-11-20/h3-8,10-13,16H,9,15,17H2,1-2H3. The Morgan fingerprint density at radius 3 is 2.30 bits per heavy atom. The van der Waals surface area contributed by atoms with E-state index in [1.807, 2.05) is 73.0 Å². The maximum Gasteiger partial charge on any atom is 0.340 e. The summed E-state index contributed by atoms with van der Waals surface area (Å²) in [6, 6.07) is 22.6. The third kappa shape index (κ3) is 4.58. The summed E-state index contributed by atoms with van der Waals surface area (Å²) < 4.78 is 7.30. The van der Waals surface area contributed by atoms with Gasteiger partial charge in [0, 0.05) is 29.3 Å². The number of aryl methyl sites for hydroxylation is 1. The summed E-state index contributed by atoms with van der Waals surface area (Å²) >= 11 is 0. The van der Waals surface area contributed by atoms with Gasteiger partial charge in [0.25, 0.3) is 5.91 Å². The van der Waals surface area contributed by atoms with Gasteiger partial charge < -0.3 is 14.2 Å². The largest absolute Gasteiger partial charge is 0.452 e. The first-order chi connectivity index (χ1) is 14.5. The first kappa shape index (κ1) is 20.9. The molecule has 1 amide bonds. The Morgan fingerprint density at radius 1 is 1.03 bits per heavy atom. The smallest absolute Gasteiger partial charge is 0.340 e. The van der Waals surface area contributed by atoms with Gasteiger partial charge in [-0.15, -0.1) is 0 Å². The highest BCUT2D eigenvalue weighted by molar-refractivity contribution is 5.97. The second kappa shape index (κ2) is 9.57. The van der Waals surface area contributed by atoms with E-state index in [0.717, 1.165) is 17.1 Å². The molecule has 152 valence electrons. The van der Waals surface area contributed by atoms with Gasteiger partial charge in [-0.1, -0.05) is 36.4 Å². The van der Waals surface area contributed by atoms with Crippen LogP contribution in [0.3, 0.4) is 0 Å². The Labute approximate surface area is 175 Å². The predicted molar refractivity (Wildman–Crippen MR) is 115 cm³/mol. The molecular weight excluding hydrogens is 378 g/mol. The molecule has 0 N–H and O–H groups in total. The summed E-state index contributed by atoms with van der Waals surface area (Å²) in [7, 11) is 0. The van der Waals surface area contributed by atoms with Crippen molar-refractivity contribution >= 4 is 17.6 Å². The highest BCUT2D eigenvalue weighted by atomic mass is 16.5. The van der Waals surface area contributed by atoms with Gasteiger partial charge in [0.1, 0.15) is 0 Å². The van der Waals surface area contributed by atoms with E-state index >= 15 is 0 Å². The Balaban J connectivity index is 1.73. The molecule has 0 saturated carbocycles. The number of amides is 1. The van der Waals surface area contributed by atoms with Crippen LogP contribution < -0.4 is 4.90 Å². The lowest BCUT2D eigenvalue weighted by Crippen LogP contribution is -2.35. The van der Waals surface area contributed by atoms with Crippen molar-refractivity contribution in [2.45, 2.75) is 20.3 Å². The van der Waals surface area contributed by atoms with Crippen LogP contribution in [0.2, 0.25) is 0 Å². The van der Waals surface area contributed by atoms with Crippen LogP contribution in [0.5, 0.6) is 0 Å². The van der Waals surface area contributed by atoms with Gasteiger partial charge in [0.15, 0.2) is 6.61 Å². The van der Waals surface area contributed by atoms with Crippen LogP contribution in [-0.2, 0) is 9.53 Å². The van der Waals surface area contributed by atoms with E-state index in [1.165, 1.54) is 4.90 Å². The molecule has 6 heteroatoms. The average molecular weight is 401 g/mol. The number of benzene rings is 2. The van der Waals surface area contributed by atoms with Gasteiger partial charge in [-0.05, 0) is 44.2 Å². The molecule has 0 unspecified atom stereocenters. The highest BCUT2D eigenvalue weighted by Crippen LogP contribution is 2.21. The molecule has 30 heavy (non-hydrogen) atoms. The molecule has 3 aromatic rings. The van der Waals surface area contributed by atoms with E-state index in [1.54, 1.807) is 18.2 Å². The molecule has 0 radical (unpaired) electrons. The molecule has 0 aliphatic rings. The second-order valence-corrected chi connectivity index (χ2v) is 6.82. The fourth-order valence-corrected chi connectivity index (χ4v) is 3.39. The van der Waals surface area contributed by atoms with Crippen LogP contribution >= 0.6 is 0 Å². The minimum atomic E-state index is -0.549. The molecule has 2 aromatic carbocycles. The molecule has 0 saturated heterocycles. The monoisotopic (exact) mass is 401 g/mol. The zero-order chi connectivity index (χ0) is 21.5. The molecule has 0 fully saturated rings. The molecule has 1 aromatic heterocycles. The third-order valence-corrected chi connectivity index (χ3v) is 4.81. The van der Waals surface area contributed by atoms with Gasteiger partial charge in [-0.25, -0.2) is 4.79 Å². The third-order valence-electron chi connectivity index (χ3n) is 4.81. The van der Waals surface area contributed by atoms with Gasteiger partial charge in [-0.3, -0.25) is 4.79 Å². The number of anilines is 1. The Kier molecular flexibility index (Phi) is 6.66. The molecular formula is C24H23N3O3. The first-order valence-electron chi connectivity index (χ1n) is 9.66. The fraction of sp³-hybridized carbons (Fsp3) is 0.208. The number of nitrogens with zero attached hydrogens (tertiary/aromatic N) is 3. The van der Waals surface area contributed by atoms with Crippen molar-refractivity contribution in [3.63, 3.8) is 0 Å². The number of carbonyl (C=O) groups is 2. The lowest BCUT2D eigenvalue weighted by molar-refractivity contribution is -0.121. The minimum absolute atomic E-state index is 0.187. The van der Waals surface area contributed by atoms with Crippen molar-refractivity contribution in [2.24, 2.45) is 0 Å². The summed E-state index contributed by atoms with van der Waals surface area (Å²) in [6.45, 7) is 3.61. The molecule has 3 rings (SSSR count). The maximum absolute atomic E-state index is 12.7. The van der Waals surface area contributed by atoms with Gasteiger partial charge >= 0.3 is 5.97 Å². The molecule has 0 aliphatic carbocycles. The topological polar surface area (TPSA) is 75.3 Å². The summed E-state index contributed by atoms with van der Waals surface area (Å²) in [5.74, 6) is -0.923. The zero-order valence-electron chi connectivity index (χ0n) is 17.0. The van der Waals surface area contributed by atoms with Gasteiger partial charge in [0.2, 0.25) is 0 Å². The van der Waals surface area contributed by atoms with E-state index in [4.69, 9.17) is 10.00 Å². The summed E-state index contributed by atoms with van der Waals surface area (Å²) in [4.78, 5) is 26.8. The van der Waals surface area contributed by atoms with E-state index in [2.05, 4.69) is 0 Å². The van der Waals surface area contributed by atoms with Gasteiger partial charge in [-0.2, -0.15) is 5.26 Å². The lowest BCUT2D eigenvalue weighted by Gasteiger charge is -2.21. The molecule has 1 heterocycles. The van der Waals surface area contributed by atoms with E-state index in [9.17, 15) is 9.59 Å². The second-order valence-electron chi connectivity index (χ2n) is 6.82. The molecule has 0 bridgehead atoms. The fourth-order valence-electron chi connectivity index (χ4n) is 3.39. The maximum atomic E-state index is 12.7. The zero-order valence-corrected chi connectivity index (χ0v) is 17.0. The number of rotatable bonds is 7. The molecule has 0 aliphatic heterocycles. The number of hydrogen-bond acceptors (Lipinski definition) is 4. The lowest BCUT2D eigenvalue weighted by atomic mass is 10.2. The number of esters is 1. The van der Waals surface area contributed by atoms with Crippen LogP contribution in [0.25, 0.3) is 5.69 Å². The highest BCUT2D eigenvalue weighted by Gasteiger charge is 2.21. The van der Waals surface area contributed by atoms with Crippen molar-refractivity contribution in [1.29, 1.82) is 5.26 Å². The number of carbonyl (C=O) groups excluding carboxylic acids is 2. The summed E-state index contributed by atoms with van der Waals surface area (Å²) in [5, 5.41) is 8.89. The normalized spacial score (nSPS) is 10.3. The number of aromatic nitrogens is 1. The minimum Gasteiger partial charge on any atom is -0.452 e. The summed E-state index contributed by atoms with van der Waals surface area (Å²) in [5.41, 5.74) is 3.69. The van der Waals surface area contributed by atoms with Crippen molar-refractivity contribution in [1.82, 2.24) is 4.57 Å². The van der Waals surface area contributed by atoms with Crippen molar-refractivity contribution in [3.05, 3.63) is 83.7 Å². The Morgan fingerprint density at radius 2 is 1.67 bits per heavy atom. The van der Waals surface area contributed by atoms with Crippen LogP contribution in [0.15, 0.2) is 66.7 Å². The van der Waals surface area contributed by atoms with Gasteiger partial charge in [0.05, 0.1) is 18.1 Å². The SMILES string of the molecule is Cc1cc(C(=O)OCC(=O)N(CCC#N)c2ccccc2)c(C)n1-c1ccccc1. The molecule has 0 spiro atoms. The number of ether oxygens (including phenoxy) is 1. The van der Waals surface area contributed by atoms with Crippen molar-refractivity contribution in [2.75, 3.05) is 18.1 Å². The number of nitriles is 1. The summed E-state index contributed by atoms with van der Waals surface area (Å²) in [6.07, 6.45) is 0.187. The van der Waals surface area contributed by atoms with Crippen molar-refractivity contribution < 1.29 is 14.3 Å². The number of hydrogen-bond donors (Lipinski definition) is 0. The molecule has 6 nitrogen and oxygen atoms in total. The molecule has 0 atom stereocenters. The van der Waals surface area contributed by atoms with Crippen LogP contribution in [-0.4, -0.2) is 29.6 Å². The van der Waals surface area contributed by atoms with Crippen LogP contribution in [0, 0.1) is 25.2 Å². The Hall–Kier alpha value is -3.85. The van der Waals surface area contributed by atoms with E-state index in [0.29, 0.717) is 11.3 Å². The van der Waals surface area contributed by atoms with Crippen LogP contribution in [0.4, 0.5) is 5.69 Å². The van der Waals surface area contributed by atoms with Crippen LogP contribution in [0.1, 0.15) is 28.2 Å². The van der Waals surface area contributed by atoms with E-state index in [-0.39, 0.29) is 18.9 Å². The van der Waals surface area contributed by atoms with E-state index < -0.39 is 12.6 Å². The quantitative estimate of drug-likeness (QED) is 0.556.